The fourth-order valence-corrected chi connectivity index (χ4v) is 2.92. The summed E-state index contributed by atoms with van der Waals surface area (Å²) in [5.74, 6) is 1.18. The minimum Gasteiger partial charge on any atom is -0.459 e. The third-order valence-corrected chi connectivity index (χ3v) is 4.44. The summed E-state index contributed by atoms with van der Waals surface area (Å²) >= 11 is 0. The van der Waals surface area contributed by atoms with Crippen molar-refractivity contribution in [3.63, 3.8) is 0 Å². The van der Waals surface area contributed by atoms with Crippen molar-refractivity contribution >= 4 is 18.0 Å². The van der Waals surface area contributed by atoms with E-state index in [4.69, 9.17) is 15.9 Å². The lowest BCUT2D eigenvalue weighted by atomic mass is 10.1. The summed E-state index contributed by atoms with van der Waals surface area (Å²) in [7, 11) is 0. The monoisotopic (exact) mass is 450 g/mol. The Morgan fingerprint density at radius 2 is 1.48 bits per heavy atom. The zero-order chi connectivity index (χ0) is 24.3. The van der Waals surface area contributed by atoms with E-state index in [2.05, 4.69) is 16.6 Å². The maximum absolute atomic E-state index is 12.9. The molecule has 0 saturated carbocycles. The number of nitrogens with one attached hydrogen (secondary N) is 2. The zero-order valence-corrected chi connectivity index (χ0v) is 19.2. The highest BCUT2D eigenvalue weighted by atomic mass is 16.6. The number of rotatable bonds is 9. The average molecular weight is 451 g/mol. The van der Waals surface area contributed by atoms with E-state index in [0.717, 1.165) is 11.1 Å². The number of benzene rings is 2. The molecule has 174 valence electrons. The number of esters is 1. The van der Waals surface area contributed by atoms with Gasteiger partial charge in [-0.1, -0.05) is 60.7 Å². The normalized spacial score (nSPS) is 12.5. The van der Waals surface area contributed by atoms with Crippen LogP contribution in [0.25, 0.3) is 0 Å². The molecule has 0 bridgehead atoms. The smallest absolute Gasteiger partial charge is 0.408 e. The van der Waals surface area contributed by atoms with E-state index in [1.54, 1.807) is 20.8 Å². The number of hydrogen-bond donors (Lipinski definition) is 2. The Balaban J connectivity index is 2.11. The summed E-state index contributed by atoms with van der Waals surface area (Å²) in [6.07, 6.45) is 4.76. The summed E-state index contributed by atoms with van der Waals surface area (Å²) in [6, 6.07) is 16.4. The van der Waals surface area contributed by atoms with Crippen LogP contribution in [0.1, 0.15) is 38.3 Å². The maximum atomic E-state index is 12.9. The lowest BCUT2D eigenvalue weighted by Crippen LogP contribution is -2.53. The summed E-state index contributed by atoms with van der Waals surface area (Å²) < 4.78 is 10.7. The Labute approximate surface area is 194 Å². The van der Waals surface area contributed by atoms with Gasteiger partial charge in [0.2, 0.25) is 5.91 Å². The lowest BCUT2D eigenvalue weighted by Gasteiger charge is -2.24. The number of amides is 2. The molecule has 2 atom stereocenters. The molecule has 0 aliphatic rings. The first-order chi connectivity index (χ1) is 15.7. The highest BCUT2D eigenvalue weighted by Crippen LogP contribution is 2.10. The first kappa shape index (κ1) is 25.5. The van der Waals surface area contributed by atoms with Gasteiger partial charge < -0.3 is 20.1 Å². The summed E-state index contributed by atoms with van der Waals surface area (Å²) in [5, 5.41) is 5.15. The molecule has 2 N–H and O–H groups in total. The molecule has 2 rings (SSSR count). The van der Waals surface area contributed by atoms with Crippen molar-refractivity contribution in [1.29, 1.82) is 0 Å². The topological polar surface area (TPSA) is 93.7 Å². The molecule has 0 aromatic heterocycles. The summed E-state index contributed by atoms with van der Waals surface area (Å²) in [4.78, 5) is 37.9. The van der Waals surface area contributed by atoms with E-state index >= 15 is 0 Å². The molecule has 2 aromatic carbocycles. The summed E-state index contributed by atoms with van der Waals surface area (Å²) in [6.45, 7) is 5.20. The maximum Gasteiger partial charge on any atom is 0.408 e. The molecule has 33 heavy (non-hydrogen) atoms. The minimum atomic E-state index is -1.06. The standard InChI is InChI=1S/C26H30N2O5/c1-5-12-21(28-25(31)33-26(2,3)4)23(29)27-22(17-19-13-8-6-9-14-19)24(30)32-18-20-15-10-7-11-16-20/h1,6-11,13-16,21-22H,12,17-18H2,2-4H3,(H,27,29)(H,28,31)/t21-,22-/m0/s1. The quantitative estimate of drug-likeness (QED) is 0.451. The van der Waals surface area contributed by atoms with Crippen LogP contribution in [-0.4, -0.2) is 35.7 Å². The Hall–Kier alpha value is -3.79. The van der Waals surface area contributed by atoms with Crippen molar-refractivity contribution in [2.75, 3.05) is 0 Å². The molecule has 7 nitrogen and oxygen atoms in total. The fourth-order valence-electron chi connectivity index (χ4n) is 2.92. The highest BCUT2D eigenvalue weighted by Gasteiger charge is 2.29. The molecule has 2 aromatic rings. The average Bonchev–Trinajstić information content (AvgIpc) is 2.77. The van der Waals surface area contributed by atoms with Gasteiger partial charge in [-0.05, 0) is 31.9 Å². The van der Waals surface area contributed by atoms with E-state index in [0.29, 0.717) is 0 Å². The molecule has 0 heterocycles. The van der Waals surface area contributed by atoms with E-state index in [9.17, 15) is 14.4 Å². The first-order valence-corrected chi connectivity index (χ1v) is 10.7. The van der Waals surface area contributed by atoms with Crippen molar-refractivity contribution in [1.82, 2.24) is 10.6 Å². The largest absolute Gasteiger partial charge is 0.459 e. The van der Waals surface area contributed by atoms with Gasteiger partial charge in [0.15, 0.2) is 0 Å². The third-order valence-electron chi connectivity index (χ3n) is 4.44. The van der Waals surface area contributed by atoms with Crippen LogP contribution in [0.5, 0.6) is 0 Å². The van der Waals surface area contributed by atoms with Gasteiger partial charge in [0.25, 0.3) is 0 Å². The Morgan fingerprint density at radius 1 is 0.909 bits per heavy atom. The Morgan fingerprint density at radius 3 is 2.03 bits per heavy atom. The van der Waals surface area contributed by atoms with Crippen molar-refractivity contribution in [2.24, 2.45) is 0 Å². The van der Waals surface area contributed by atoms with Gasteiger partial charge in [-0.15, -0.1) is 12.3 Å². The van der Waals surface area contributed by atoms with Crippen LogP contribution in [0.4, 0.5) is 4.79 Å². The molecular formula is C26H30N2O5. The molecule has 2 amide bonds. The van der Waals surface area contributed by atoms with Gasteiger partial charge in [-0.2, -0.15) is 0 Å². The molecule has 0 spiro atoms. The predicted molar refractivity (Wildman–Crippen MR) is 125 cm³/mol. The van der Waals surface area contributed by atoms with Crippen molar-refractivity contribution in [2.45, 2.75) is 57.9 Å². The Bertz CT molecular complexity index is 962. The van der Waals surface area contributed by atoms with E-state index in [1.165, 1.54) is 0 Å². The number of carbonyl (C=O) groups is 3. The molecule has 7 heteroatoms. The second-order valence-electron chi connectivity index (χ2n) is 8.45. The molecule has 0 radical (unpaired) electrons. The van der Waals surface area contributed by atoms with E-state index in [-0.39, 0.29) is 19.4 Å². The predicted octanol–water partition coefficient (Wildman–Crippen LogP) is 3.37. The second kappa shape index (κ2) is 12.3. The summed E-state index contributed by atoms with van der Waals surface area (Å²) in [5.41, 5.74) is 0.929. The fraction of sp³-hybridized carbons (Fsp3) is 0.346. The number of alkyl carbamates (subject to hydrolysis) is 1. The highest BCUT2D eigenvalue weighted by molar-refractivity contribution is 5.90. The van der Waals surface area contributed by atoms with Crippen LogP contribution in [-0.2, 0) is 32.1 Å². The van der Waals surface area contributed by atoms with Crippen LogP contribution in [0, 0.1) is 12.3 Å². The minimum absolute atomic E-state index is 0.0673. The van der Waals surface area contributed by atoms with Gasteiger partial charge in [0.05, 0.1) is 0 Å². The van der Waals surface area contributed by atoms with E-state index in [1.807, 2.05) is 60.7 Å². The SMILES string of the molecule is C#CC[C@H](NC(=O)OC(C)(C)C)C(=O)N[C@@H](Cc1ccccc1)C(=O)OCc1ccccc1. The van der Waals surface area contributed by atoms with Crippen molar-refractivity contribution in [3.8, 4) is 12.3 Å². The van der Waals surface area contributed by atoms with Crippen LogP contribution in [0.3, 0.4) is 0 Å². The molecule has 0 aliphatic heterocycles. The zero-order valence-electron chi connectivity index (χ0n) is 19.2. The van der Waals surface area contributed by atoms with Crippen LogP contribution in [0.2, 0.25) is 0 Å². The van der Waals surface area contributed by atoms with Crippen LogP contribution in [0.15, 0.2) is 60.7 Å². The molecule has 0 unspecified atom stereocenters. The number of carbonyl (C=O) groups excluding carboxylic acids is 3. The van der Waals surface area contributed by atoms with Gasteiger partial charge in [-0.3, -0.25) is 4.79 Å². The van der Waals surface area contributed by atoms with Gasteiger partial charge in [0, 0.05) is 12.8 Å². The molecule has 0 fully saturated rings. The number of ether oxygens (including phenoxy) is 2. The second-order valence-corrected chi connectivity index (χ2v) is 8.45. The van der Waals surface area contributed by atoms with Crippen LogP contribution < -0.4 is 10.6 Å². The molecule has 0 saturated heterocycles. The van der Waals surface area contributed by atoms with Gasteiger partial charge in [0.1, 0.15) is 24.3 Å². The Kier molecular flexibility index (Phi) is 9.49. The number of hydrogen-bond acceptors (Lipinski definition) is 5. The first-order valence-electron chi connectivity index (χ1n) is 10.7. The molecule has 0 aliphatic carbocycles. The van der Waals surface area contributed by atoms with Crippen molar-refractivity contribution in [3.05, 3.63) is 71.8 Å². The third kappa shape index (κ3) is 9.48. The van der Waals surface area contributed by atoms with Gasteiger partial charge >= 0.3 is 12.1 Å². The van der Waals surface area contributed by atoms with Crippen LogP contribution >= 0.6 is 0 Å². The lowest BCUT2D eigenvalue weighted by molar-refractivity contribution is -0.149. The number of terminal acetylenes is 1. The van der Waals surface area contributed by atoms with Crippen molar-refractivity contribution < 1.29 is 23.9 Å². The van der Waals surface area contributed by atoms with Gasteiger partial charge in [-0.25, -0.2) is 9.59 Å². The van der Waals surface area contributed by atoms with E-state index < -0.39 is 35.7 Å². The molecular weight excluding hydrogens is 420 g/mol.